The summed E-state index contributed by atoms with van der Waals surface area (Å²) in [6.07, 6.45) is -5.50. The van der Waals surface area contributed by atoms with Crippen LogP contribution in [-0.2, 0) is 53.6 Å². The van der Waals surface area contributed by atoms with Gasteiger partial charge in [-0.3, -0.25) is 19.2 Å². The molecule has 0 saturated carbocycles. The number of piperidine rings is 2. The van der Waals surface area contributed by atoms with Crippen LogP contribution in [0.15, 0.2) is 60.7 Å². The van der Waals surface area contributed by atoms with Crippen molar-refractivity contribution >= 4 is 46.8 Å². The van der Waals surface area contributed by atoms with E-state index in [0.29, 0.717) is 102 Å². The van der Waals surface area contributed by atoms with Crippen molar-refractivity contribution in [1.82, 2.24) is 24.5 Å². The minimum absolute atomic E-state index is 0.00373. The van der Waals surface area contributed by atoms with Gasteiger partial charge in [-0.2, -0.15) is 26.3 Å². The number of morpholine rings is 1. The lowest BCUT2D eigenvalue weighted by molar-refractivity contribution is -0.143. The van der Waals surface area contributed by atoms with Crippen LogP contribution in [0.4, 0.5) is 26.3 Å². The third kappa shape index (κ3) is 12.2. The van der Waals surface area contributed by atoms with Crippen LogP contribution in [0.25, 0.3) is 0 Å². The van der Waals surface area contributed by atoms with E-state index in [0.717, 1.165) is 18.4 Å². The van der Waals surface area contributed by atoms with E-state index >= 15 is 0 Å². The van der Waals surface area contributed by atoms with Crippen LogP contribution in [0.1, 0.15) is 90.0 Å². The summed E-state index contributed by atoms with van der Waals surface area (Å²) in [5.41, 5.74) is -2.61. The molecule has 2 atom stereocenters. The molecule has 1 spiro atoms. The van der Waals surface area contributed by atoms with Crippen molar-refractivity contribution in [2.45, 2.75) is 87.8 Å². The van der Waals surface area contributed by atoms with Gasteiger partial charge in [0, 0.05) is 77.7 Å². The highest BCUT2D eigenvalue weighted by Gasteiger charge is 2.50. The molecule has 3 saturated heterocycles. The van der Waals surface area contributed by atoms with Gasteiger partial charge in [0.15, 0.2) is 0 Å². The molecule has 0 aromatic heterocycles. The smallest absolute Gasteiger partial charge is 0.367 e. The van der Waals surface area contributed by atoms with Gasteiger partial charge in [-0.1, -0.05) is 53.5 Å². The first kappa shape index (κ1) is 52.4. The molecule has 376 valence electrons. The van der Waals surface area contributed by atoms with Crippen LogP contribution in [0.2, 0.25) is 10.0 Å². The second kappa shape index (κ2) is 21.5. The van der Waals surface area contributed by atoms with Crippen LogP contribution in [0, 0.1) is 5.92 Å². The van der Waals surface area contributed by atoms with Gasteiger partial charge in [0.2, 0.25) is 17.7 Å². The number of fused-ring (bicyclic) bond motifs is 2. The number of likely N-dealkylation sites (tertiary alicyclic amines) is 2. The molecule has 69 heavy (non-hydrogen) atoms. The van der Waals surface area contributed by atoms with Gasteiger partial charge in [0.05, 0.1) is 40.4 Å². The van der Waals surface area contributed by atoms with Gasteiger partial charge in [-0.05, 0) is 111 Å². The monoisotopic (exact) mass is 1010 g/mol. The summed E-state index contributed by atoms with van der Waals surface area (Å²) in [7, 11) is 3.52. The largest absolute Gasteiger partial charge is 0.416 e. The molecule has 19 heteroatoms. The van der Waals surface area contributed by atoms with Crippen molar-refractivity contribution < 1.29 is 55.0 Å². The van der Waals surface area contributed by atoms with Crippen molar-refractivity contribution in [3.05, 3.63) is 104 Å². The predicted molar refractivity (Wildman–Crippen MR) is 248 cm³/mol. The quantitative estimate of drug-likeness (QED) is 0.149. The van der Waals surface area contributed by atoms with E-state index < -0.39 is 40.6 Å². The van der Waals surface area contributed by atoms with Gasteiger partial charge in [-0.25, -0.2) is 0 Å². The SMILES string of the molecule is CC(=O)N1CCC(CC(=O)N(C)CCCN(C)C(=O)CO[C@H]2Cc3ccccc3C23CCN(CC[C@@]2(c4ccc(Cl)c(Cl)c4)CN(C(=O)c4cc(C(F)(F)F)cc(C(F)(F)F)c4)CCO2)CC3)CC1. The number of amides is 4. The number of alkyl halides is 6. The second-order valence-corrected chi connectivity index (χ2v) is 19.9. The lowest BCUT2D eigenvalue weighted by atomic mass is 9.72. The van der Waals surface area contributed by atoms with Crippen molar-refractivity contribution in [1.29, 1.82) is 0 Å². The molecule has 0 radical (unpaired) electrons. The lowest BCUT2D eigenvalue weighted by Gasteiger charge is -2.46. The molecule has 0 unspecified atom stereocenters. The summed E-state index contributed by atoms with van der Waals surface area (Å²) < 4.78 is 95.7. The van der Waals surface area contributed by atoms with E-state index in [9.17, 15) is 45.5 Å². The molecule has 4 amide bonds. The zero-order chi connectivity index (χ0) is 49.9. The zero-order valence-electron chi connectivity index (χ0n) is 39.1. The zero-order valence-corrected chi connectivity index (χ0v) is 40.6. The minimum atomic E-state index is -5.13. The number of carbonyl (C=O) groups is 4. The van der Waals surface area contributed by atoms with Crippen molar-refractivity contribution in [2.75, 3.05) is 86.2 Å². The van der Waals surface area contributed by atoms with Gasteiger partial charge in [-0.15, -0.1) is 0 Å². The molecule has 1 aliphatic carbocycles. The normalized spacial score (nSPS) is 21.1. The van der Waals surface area contributed by atoms with Crippen LogP contribution < -0.4 is 0 Å². The number of carbonyl (C=O) groups excluding carboxylic acids is 4. The summed E-state index contributed by atoms with van der Waals surface area (Å²) in [6.45, 7) is 5.19. The maximum Gasteiger partial charge on any atom is 0.416 e. The lowest BCUT2D eigenvalue weighted by Crippen LogP contribution is -2.54. The summed E-state index contributed by atoms with van der Waals surface area (Å²) in [5, 5.41) is 0.470. The molecule has 4 aliphatic rings. The van der Waals surface area contributed by atoms with Crippen LogP contribution >= 0.6 is 23.2 Å². The fraction of sp³-hybridized carbons (Fsp3) is 0.560. The first-order chi connectivity index (χ1) is 32.6. The molecular weight excluding hydrogens is 951 g/mol. The number of hydrogen-bond donors (Lipinski definition) is 0. The highest BCUT2D eigenvalue weighted by Crippen LogP contribution is 2.48. The Balaban J connectivity index is 0.972. The maximum absolute atomic E-state index is 13.9. The predicted octanol–water partition coefficient (Wildman–Crippen LogP) is 8.72. The van der Waals surface area contributed by atoms with Gasteiger partial charge in [0.1, 0.15) is 12.2 Å². The van der Waals surface area contributed by atoms with Crippen LogP contribution in [0.3, 0.4) is 0 Å². The molecule has 3 aromatic rings. The van der Waals surface area contributed by atoms with Crippen molar-refractivity contribution in [2.24, 2.45) is 5.92 Å². The number of hydrogen-bond acceptors (Lipinski definition) is 7. The summed E-state index contributed by atoms with van der Waals surface area (Å²) in [6, 6.07) is 14.0. The Morgan fingerprint density at radius 1 is 0.797 bits per heavy atom. The van der Waals surface area contributed by atoms with Crippen molar-refractivity contribution in [3.8, 4) is 0 Å². The van der Waals surface area contributed by atoms with Gasteiger partial charge in [0.25, 0.3) is 5.91 Å². The number of ether oxygens (including phenoxy) is 2. The van der Waals surface area contributed by atoms with E-state index in [2.05, 4.69) is 17.0 Å². The Hall–Kier alpha value is -4.42. The van der Waals surface area contributed by atoms with E-state index in [1.54, 1.807) is 49.0 Å². The molecule has 0 bridgehead atoms. The molecule has 3 aromatic carbocycles. The third-order valence-corrected chi connectivity index (χ3v) is 15.4. The topological polar surface area (TPSA) is 103 Å². The van der Waals surface area contributed by atoms with Crippen LogP contribution in [0.5, 0.6) is 0 Å². The number of halogens is 8. The van der Waals surface area contributed by atoms with Crippen molar-refractivity contribution in [3.63, 3.8) is 0 Å². The highest BCUT2D eigenvalue weighted by molar-refractivity contribution is 6.42. The molecular formula is C50H59Cl2F6N5O6. The van der Waals surface area contributed by atoms with E-state index in [1.165, 1.54) is 10.5 Å². The Morgan fingerprint density at radius 3 is 2.06 bits per heavy atom. The second-order valence-electron chi connectivity index (χ2n) is 19.0. The summed E-state index contributed by atoms with van der Waals surface area (Å²) in [4.78, 5) is 60.6. The molecule has 7 rings (SSSR count). The maximum atomic E-state index is 13.9. The summed E-state index contributed by atoms with van der Waals surface area (Å²) in [5.74, 6) is -0.788. The Bertz CT molecular complexity index is 2320. The first-order valence-electron chi connectivity index (χ1n) is 23.4. The Morgan fingerprint density at radius 2 is 1.43 bits per heavy atom. The Kier molecular flexibility index (Phi) is 16.3. The van der Waals surface area contributed by atoms with E-state index in [-0.39, 0.29) is 77.6 Å². The van der Waals surface area contributed by atoms with E-state index in [1.807, 2.05) is 17.0 Å². The number of likely N-dealkylation sites (N-methyl/N-ethyl adjacent to an activating group) is 1. The highest BCUT2D eigenvalue weighted by atomic mass is 35.5. The first-order valence-corrected chi connectivity index (χ1v) is 24.2. The fourth-order valence-electron chi connectivity index (χ4n) is 10.5. The minimum Gasteiger partial charge on any atom is -0.367 e. The van der Waals surface area contributed by atoms with Gasteiger partial charge >= 0.3 is 12.4 Å². The molecule has 3 heterocycles. The molecule has 3 aliphatic heterocycles. The number of nitrogens with zero attached hydrogens (tertiary/aromatic N) is 5. The summed E-state index contributed by atoms with van der Waals surface area (Å²) >= 11 is 12.8. The Labute approximate surface area is 408 Å². The molecule has 3 fully saturated rings. The van der Waals surface area contributed by atoms with Crippen LogP contribution in [-0.4, -0.2) is 140 Å². The molecule has 11 nitrogen and oxygen atoms in total. The average molecular weight is 1010 g/mol. The number of benzene rings is 3. The molecule has 0 N–H and O–H groups in total. The van der Waals surface area contributed by atoms with E-state index in [4.69, 9.17) is 32.7 Å². The fourth-order valence-corrected chi connectivity index (χ4v) is 10.8. The third-order valence-electron chi connectivity index (χ3n) is 14.7. The van der Waals surface area contributed by atoms with Gasteiger partial charge < -0.3 is 34.0 Å². The standard InChI is InChI=1S/C50H59Cl2F6N5O6/c1-33(64)62-18-11-34(12-19-62)25-44(65)59(2)16-6-17-60(3)45(66)31-68-43-28-35-7-4-5-8-40(35)47(43)13-20-61(21-14-47)22-15-48(37-9-10-41(51)42(52)30-37)32-63(23-24-69-48)46(67)36-26-38(49(53,54)55)29-39(27-36)50(56,57)58/h4-5,7-10,26-27,29-30,34,43H,6,11-25,28,31-32H2,1-3H3/t43-,48-/m0/s1. The number of rotatable bonds is 14. The average Bonchev–Trinajstić information content (AvgIpc) is 3.62.